The highest BCUT2D eigenvalue weighted by Gasteiger charge is 2.13. The number of hydrogen-bond donors (Lipinski definition) is 2. The molecule has 2 N–H and O–H groups in total. The second-order valence-electron chi connectivity index (χ2n) is 5.00. The fourth-order valence-corrected chi connectivity index (χ4v) is 1.94. The Kier molecular flexibility index (Phi) is 7.46. The van der Waals surface area contributed by atoms with Crippen molar-refractivity contribution in [3.8, 4) is 0 Å². The molecule has 2 amide bonds. The summed E-state index contributed by atoms with van der Waals surface area (Å²) < 4.78 is 0. The summed E-state index contributed by atoms with van der Waals surface area (Å²) in [6.07, 6.45) is 1.82. The molecule has 5 nitrogen and oxygen atoms in total. The second-order valence-corrected chi connectivity index (χ2v) is 5.00. The van der Waals surface area contributed by atoms with Gasteiger partial charge in [-0.3, -0.25) is 9.59 Å². The van der Waals surface area contributed by atoms with Crippen LogP contribution in [0.25, 0.3) is 0 Å². The minimum absolute atomic E-state index is 0.0109. The molecule has 1 unspecified atom stereocenters. The number of anilines is 1. The molecule has 0 spiro atoms. The number of aliphatic hydroxyl groups is 1. The summed E-state index contributed by atoms with van der Waals surface area (Å²) in [5.74, 6) is -0.130. The predicted octanol–water partition coefficient (Wildman–Crippen LogP) is 1.71. The Labute approximate surface area is 126 Å². The monoisotopic (exact) mass is 292 g/mol. The molecule has 1 aromatic carbocycles. The fourth-order valence-electron chi connectivity index (χ4n) is 1.94. The molecule has 0 aliphatic rings. The first kappa shape index (κ1) is 17.2. The molecule has 5 heteroatoms. The van der Waals surface area contributed by atoms with Crippen molar-refractivity contribution in [2.75, 3.05) is 18.6 Å². The number of benzene rings is 1. The van der Waals surface area contributed by atoms with E-state index in [1.807, 2.05) is 37.3 Å². The molecule has 0 radical (unpaired) electrons. The van der Waals surface area contributed by atoms with Crippen molar-refractivity contribution >= 4 is 17.5 Å². The number of carbonyl (C=O) groups excluding carboxylic acids is 2. The Morgan fingerprint density at radius 2 is 1.90 bits per heavy atom. The maximum atomic E-state index is 12.0. The number of carbonyl (C=O) groups is 2. The van der Waals surface area contributed by atoms with E-state index >= 15 is 0 Å². The number of hydrogen-bond acceptors (Lipinski definition) is 3. The van der Waals surface area contributed by atoms with Crippen molar-refractivity contribution in [1.82, 2.24) is 5.32 Å². The van der Waals surface area contributed by atoms with Gasteiger partial charge in [0.25, 0.3) is 0 Å². The van der Waals surface area contributed by atoms with E-state index in [1.165, 1.54) is 0 Å². The minimum Gasteiger partial charge on any atom is -0.394 e. The maximum absolute atomic E-state index is 12.0. The van der Waals surface area contributed by atoms with E-state index in [4.69, 9.17) is 5.11 Å². The molecule has 0 saturated heterocycles. The molecule has 21 heavy (non-hydrogen) atoms. The maximum Gasteiger partial charge on any atom is 0.226 e. The smallest absolute Gasteiger partial charge is 0.226 e. The van der Waals surface area contributed by atoms with Crippen LogP contribution in [0.5, 0.6) is 0 Å². The Morgan fingerprint density at radius 3 is 2.48 bits per heavy atom. The highest BCUT2D eigenvalue weighted by atomic mass is 16.3. The van der Waals surface area contributed by atoms with Crippen LogP contribution in [0, 0.1) is 0 Å². The van der Waals surface area contributed by atoms with Gasteiger partial charge in [0, 0.05) is 25.6 Å². The molecule has 0 fully saturated rings. The van der Waals surface area contributed by atoms with Gasteiger partial charge in [-0.05, 0) is 25.0 Å². The summed E-state index contributed by atoms with van der Waals surface area (Å²) in [7, 11) is 1.73. The van der Waals surface area contributed by atoms with Crippen molar-refractivity contribution in [2.24, 2.45) is 0 Å². The highest BCUT2D eigenvalue weighted by Crippen LogP contribution is 2.13. The molecule has 116 valence electrons. The zero-order valence-corrected chi connectivity index (χ0v) is 12.7. The highest BCUT2D eigenvalue weighted by molar-refractivity contribution is 5.92. The lowest BCUT2D eigenvalue weighted by Crippen LogP contribution is -2.37. The van der Waals surface area contributed by atoms with Gasteiger partial charge in [-0.2, -0.15) is 0 Å². The van der Waals surface area contributed by atoms with Crippen molar-refractivity contribution in [3.05, 3.63) is 30.3 Å². The SMILES string of the molecule is CCC(CO)NC(=O)CCCC(=O)N(C)c1ccccc1. The Hall–Kier alpha value is -1.88. The van der Waals surface area contributed by atoms with E-state index in [2.05, 4.69) is 5.32 Å². The average Bonchev–Trinajstić information content (AvgIpc) is 2.52. The molecule has 0 aromatic heterocycles. The fraction of sp³-hybridized carbons (Fsp3) is 0.500. The van der Waals surface area contributed by atoms with Gasteiger partial charge < -0.3 is 15.3 Å². The van der Waals surface area contributed by atoms with Gasteiger partial charge in [-0.25, -0.2) is 0 Å². The van der Waals surface area contributed by atoms with Gasteiger partial charge >= 0.3 is 0 Å². The minimum atomic E-state index is -0.194. The van der Waals surface area contributed by atoms with E-state index < -0.39 is 0 Å². The molecule has 1 rings (SSSR count). The van der Waals surface area contributed by atoms with E-state index in [0.717, 1.165) is 5.69 Å². The van der Waals surface area contributed by atoms with Crippen molar-refractivity contribution in [1.29, 1.82) is 0 Å². The summed E-state index contributed by atoms with van der Waals surface area (Å²) in [6, 6.07) is 9.21. The van der Waals surface area contributed by atoms with Crippen LogP contribution in [-0.2, 0) is 9.59 Å². The number of rotatable bonds is 8. The zero-order chi connectivity index (χ0) is 15.7. The third-order valence-corrected chi connectivity index (χ3v) is 3.39. The quantitative estimate of drug-likeness (QED) is 0.766. The van der Waals surface area contributed by atoms with Gasteiger partial charge in [0.1, 0.15) is 0 Å². The van der Waals surface area contributed by atoms with Crippen molar-refractivity contribution in [3.63, 3.8) is 0 Å². The largest absolute Gasteiger partial charge is 0.394 e. The van der Waals surface area contributed by atoms with Crippen LogP contribution in [-0.4, -0.2) is 36.6 Å². The predicted molar refractivity (Wildman–Crippen MR) is 83.0 cm³/mol. The van der Waals surface area contributed by atoms with Gasteiger partial charge in [0.05, 0.1) is 12.6 Å². The average molecular weight is 292 g/mol. The number of amides is 2. The molecule has 0 saturated carbocycles. The lowest BCUT2D eigenvalue weighted by atomic mass is 10.2. The first-order chi connectivity index (χ1) is 10.1. The van der Waals surface area contributed by atoms with Crippen LogP contribution in [0.3, 0.4) is 0 Å². The number of nitrogens with one attached hydrogen (secondary N) is 1. The topological polar surface area (TPSA) is 69.6 Å². The Bertz CT molecular complexity index is 444. The molecule has 0 aliphatic carbocycles. The molecular weight excluding hydrogens is 268 g/mol. The first-order valence-corrected chi connectivity index (χ1v) is 7.30. The van der Waals surface area contributed by atoms with Crippen LogP contribution in [0.4, 0.5) is 5.69 Å². The van der Waals surface area contributed by atoms with Crippen LogP contribution in [0.2, 0.25) is 0 Å². The first-order valence-electron chi connectivity index (χ1n) is 7.30. The Morgan fingerprint density at radius 1 is 1.24 bits per heavy atom. The third kappa shape index (κ3) is 5.95. The lowest BCUT2D eigenvalue weighted by Gasteiger charge is -2.17. The molecular formula is C16H24N2O3. The van der Waals surface area contributed by atoms with E-state index in [-0.39, 0.29) is 24.5 Å². The second kappa shape index (κ2) is 9.13. The summed E-state index contributed by atoms with van der Waals surface area (Å²) >= 11 is 0. The van der Waals surface area contributed by atoms with E-state index in [0.29, 0.717) is 25.7 Å². The summed E-state index contributed by atoms with van der Waals surface area (Å²) in [5.41, 5.74) is 0.846. The number of para-hydroxylation sites is 1. The van der Waals surface area contributed by atoms with Crippen LogP contribution in [0.15, 0.2) is 30.3 Å². The zero-order valence-electron chi connectivity index (χ0n) is 12.7. The number of aliphatic hydroxyl groups excluding tert-OH is 1. The van der Waals surface area contributed by atoms with E-state index in [9.17, 15) is 9.59 Å². The van der Waals surface area contributed by atoms with E-state index in [1.54, 1.807) is 11.9 Å². The molecule has 0 aliphatic heterocycles. The molecule has 1 aromatic rings. The normalized spacial score (nSPS) is 11.8. The summed E-state index contributed by atoms with van der Waals surface area (Å²) in [5, 5.41) is 11.7. The summed E-state index contributed by atoms with van der Waals surface area (Å²) in [6.45, 7) is 1.84. The van der Waals surface area contributed by atoms with Crippen LogP contribution < -0.4 is 10.2 Å². The van der Waals surface area contributed by atoms with Gasteiger partial charge in [0.2, 0.25) is 11.8 Å². The molecule has 0 bridgehead atoms. The van der Waals surface area contributed by atoms with Crippen LogP contribution in [0.1, 0.15) is 32.6 Å². The third-order valence-electron chi connectivity index (χ3n) is 3.39. The molecule has 0 heterocycles. The molecule has 1 atom stereocenters. The van der Waals surface area contributed by atoms with Gasteiger partial charge in [-0.15, -0.1) is 0 Å². The number of nitrogens with zero attached hydrogens (tertiary/aromatic N) is 1. The van der Waals surface area contributed by atoms with Crippen molar-refractivity contribution < 1.29 is 14.7 Å². The lowest BCUT2D eigenvalue weighted by molar-refractivity contribution is -0.122. The summed E-state index contributed by atoms with van der Waals surface area (Å²) in [4.78, 5) is 25.3. The van der Waals surface area contributed by atoms with Gasteiger partial charge in [0.15, 0.2) is 0 Å². The van der Waals surface area contributed by atoms with Gasteiger partial charge in [-0.1, -0.05) is 25.1 Å². The Balaban J connectivity index is 2.32. The van der Waals surface area contributed by atoms with Crippen molar-refractivity contribution in [2.45, 2.75) is 38.6 Å². The standard InChI is InChI=1S/C16H24N2O3/c1-3-13(12-19)17-15(20)10-7-11-16(21)18(2)14-8-5-4-6-9-14/h4-6,8-9,13,19H,3,7,10-12H2,1-2H3,(H,17,20). The van der Waals surface area contributed by atoms with Crippen LogP contribution >= 0.6 is 0 Å².